The van der Waals surface area contributed by atoms with Gasteiger partial charge in [-0.3, -0.25) is 4.79 Å². The predicted octanol–water partition coefficient (Wildman–Crippen LogP) is 3.50. The topological polar surface area (TPSA) is 110 Å². The number of esters is 1. The fourth-order valence-electron chi connectivity index (χ4n) is 2.54. The molecule has 0 radical (unpaired) electrons. The van der Waals surface area contributed by atoms with Crippen LogP contribution in [0.2, 0.25) is 0 Å². The van der Waals surface area contributed by atoms with Gasteiger partial charge in [0.25, 0.3) is 0 Å². The summed E-state index contributed by atoms with van der Waals surface area (Å²) >= 11 is 2.21. The molecule has 0 unspecified atom stereocenters. The van der Waals surface area contributed by atoms with Crippen LogP contribution in [0.15, 0.2) is 45.3 Å². The summed E-state index contributed by atoms with van der Waals surface area (Å²) in [6, 6.07) is 9.33. The Balaban J connectivity index is 2.01. The van der Waals surface area contributed by atoms with E-state index in [-0.39, 0.29) is 23.9 Å². The van der Waals surface area contributed by atoms with Gasteiger partial charge in [-0.15, -0.1) is 16.9 Å². The highest BCUT2D eigenvalue weighted by atomic mass is 32.2. The summed E-state index contributed by atoms with van der Waals surface area (Å²) in [7, 11) is 0. The van der Waals surface area contributed by atoms with Crippen LogP contribution in [0.25, 0.3) is 5.69 Å². The number of aromatic nitrogens is 4. The predicted molar refractivity (Wildman–Crippen MR) is 110 cm³/mol. The minimum absolute atomic E-state index is 0.000523. The maximum atomic E-state index is 11.8. The number of hydrogen-bond acceptors (Lipinski definition) is 9. The number of rotatable bonds is 7. The van der Waals surface area contributed by atoms with E-state index >= 15 is 0 Å². The largest absolute Gasteiger partial charge is 0.506 e. The Morgan fingerprint density at radius 1 is 1.10 bits per heavy atom. The van der Waals surface area contributed by atoms with Gasteiger partial charge in [0.05, 0.1) is 27.8 Å². The van der Waals surface area contributed by atoms with Crippen molar-refractivity contribution in [2.24, 2.45) is 0 Å². The minimum Gasteiger partial charge on any atom is -0.506 e. The second-order valence-electron chi connectivity index (χ2n) is 6.01. The quantitative estimate of drug-likeness (QED) is 0.329. The van der Waals surface area contributed by atoms with Gasteiger partial charge in [-0.2, -0.15) is 4.68 Å². The first-order chi connectivity index (χ1) is 13.9. The smallest absolute Gasteiger partial charge is 0.316 e. The summed E-state index contributed by atoms with van der Waals surface area (Å²) in [4.78, 5) is 12.6. The van der Waals surface area contributed by atoms with Gasteiger partial charge in [0.15, 0.2) is 0 Å². The Morgan fingerprint density at radius 3 is 2.41 bits per heavy atom. The summed E-state index contributed by atoms with van der Waals surface area (Å²) < 4.78 is 6.50. The molecule has 29 heavy (non-hydrogen) atoms. The van der Waals surface area contributed by atoms with Gasteiger partial charge in [-0.05, 0) is 66.2 Å². The highest BCUT2D eigenvalue weighted by molar-refractivity contribution is 8.02. The lowest BCUT2D eigenvalue weighted by Gasteiger charge is -2.17. The highest BCUT2D eigenvalue weighted by Crippen LogP contribution is 2.49. The molecule has 1 aromatic heterocycles. The molecule has 2 N–H and O–H groups in total. The number of tetrazole rings is 1. The van der Waals surface area contributed by atoms with Gasteiger partial charge < -0.3 is 14.9 Å². The number of benzene rings is 2. The molecule has 0 amide bonds. The number of phenols is 2. The lowest BCUT2D eigenvalue weighted by Crippen LogP contribution is -2.07. The van der Waals surface area contributed by atoms with Crippen molar-refractivity contribution in [3.63, 3.8) is 0 Å². The molecule has 152 valence electrons. The normalized spacial score (nSPS) is 10.9. The van der Waals surface area contributed by atoms with Crippen LogP contribution in [0.4, 0.5) is 0 Å². The van der Waals surface area contributed by atoms with Crippen LogP contribution in [0.1, 0.15) is 18.1 Å². The van der Waals surface area contributed by atoms with E-state index in [1.807, 2.05) is 30.3 Å². The third kappa shape index (κ3) is 4.48. The molecule has 0 fully saturated rings. The monoisotopic (exact) mass is 432 g/mol. The first kappa shape index (κ1) is 21.0. The fraction of sp³-hybridized carbons (Fsp3) is 0.263. The molecule has 2 aromatic carbocycles. The number of nitrogens with zero attached hydrogens (tertiary/aromatic N) is 4. The molecular weight excluding hydrogens is 412 g/mol. The average molecular weight is 433 g/mol. The van der Waals surface area contributed by atoms with Crippen molar-refractivity contribution in [2.75, 3.05) is 12.4 Å². The minimum atomic E-state index is -0.403. The molecule has 0 aliphatic rings. The van der Waals surface area contributed by atoms with Crippen LogP contribution in [0.3, 0.4) is 0 Å². The lowest BCUT2D eigenvalue weighted by molar-refractivity contribution is -0.139. The van der Waals surface area contributed by atoms with Crippen molar-refractivity contribution in [2.45, 2.75) is 35.7 Å². The molecule has 0 aliphatic carbocycles. The molecule has 3 aromatic rings. The van der Waals surface area contributed by atoms with Crippen LogP contribution < -0.4 is 0 Å². The van der Waals surface area contributed by atoms with Gasteiger partial charge in [-0.1, -0.05) is 18.2 Å². The highest BCUT2D eigenvalue weighted by Gasteiger charge is 2.24. The zero-order chi connectivity index (χ0) is 21.0. The van der Waals surface area contributed by atoms with E-state index in [1.54, 1.807) is 20.8 Å². The van der Waals surface area contributed by atoms with Crippen molar-refractivity contribution >= 4 is 29.5 Å². The number of hydrogen-bond donors (Lipinski definition) is 2. The molecule has 0 aliphatic heterocycles. The van der Waals surface area contributed by atoms with E-state index in [9.17, 15) is 15.0 Å². The Kier molecular flexibility index (Phi) is 6.65. The number of carbonyl (C=O) groups excluding carboxylic acids is 1. The van der Waals surface area contributed by atoms with Crippen molar-refractivity contribution < 1.29 is 19.7 Å². The summed E-state index contributed by atoms with van der Waals surface area (Å²) in [5, 5.41) is 33.7. The SMILES string of the molecule is CCOC(=O)CSc1c(O)c(C)c(C)c(O)c1Sc1nnnn1-c1ccccc1. The van der Waals surface area contributed by atoms with Crippen LogP contribution in [-0.4, -0.2) is 48.7 Å². The summed E-state index contributed by atoms with van der Waals surface area (Å²) in [6.07, 6.45) is 0. The molecule has 0 atom stereocenters. The van der Waals surface area contributed by atoms with E-state index in [0.717, 1.165) is 29.2 Å². The Bertz CT molecular complexity index is 1020. The van der Waals surface area contributed by atoms with Crippen molar-refractivity contribution in [3.05, 3.63) is 41.5 Å². The Hall–Kier alpha value is -2.72. The molecular formula is C19H20N4O4S2. The average Bonchev–Trinajstić information content (AvgIpc) is 3.19. The second-order valence-corrected chi connectivity index (χ2v) is 7.97. The number of aromatic hydroxyl groups is 2. The van der Waals surface area contributed by atoms with Crippen LogP contribution >= 0.6 is 23.5 Å². The van der Waals surface area contributed by atoms with Gasteiger partial charge in [0.1, 0.15) is 11.5 Å². The zero-order valence-corrected chi connectivity index (χ0v) is 17.8. The summed E-state index contributed by atoms with van der Waals surface area (Å²) in [5.41, 5.74) is 1.85. The van der Waals surface area contributed by atoms with Crippen molar-refractivity contribution in [3.8, 4) is 17.2 Å². The summed E-state index contributed by atoms with van der Waals surface area (Å²) in [5.74, 6) is -0.379. The van der Waals surface area contributed by atoms with E-state index in [2.05, 4.69) is 15.5 Å². The first-order valence-electron chi connectivity index (χ1n) is 8.79. The van der Waals surface area contributed by atoms with Gasteiger partial charge >= 0.3 is 5.97 Å². The number of ether oxygens (including phenoxy) is 1. The number of carbonyl (C=O) groups is 1. The van der Waals surface area contributed by atoms with Crippen molar-refractivity contribution in [1.82, 2.24) is 20.2 Å². The van der Waals surface area contributed by atoms with Gasteiger partial charge in [-0.25, -0.2) is 0 Å². The van der Waals surface area contributed by atoms with Crippen LogP contribution in [0.5, 0.6) is 11.5 Å². The van der Waals surface area contributed by atoms with Gasteiger partial charge in [0.2, 0.25) is 5.16 Å². The molecule has 3 rings (SSSR count). The van der Waals surface area contributed by atoms with E-state index < -0.39 is 5.97 Å². The molecule has 0 bridgehead atoms. The molecule has 10 heteroatoms. The summed E-state index contributed by atoms with van der Waals surface area (Å²) in [6.45, 7) is 5.43. The maximum absolute atomic E-state index is 11.8. The second kappa shape index (κ2) is 9.19. The Morgan fingerprint density at radius 2 is 1.76 bits per heavy atom. The van der Waals surface area contributed by atoms with Crippen molar-refractivity contribution in [1.29, 1.82) is 0 Å². The van der Waals surface area contributed by atoms with E-state index in [4.69, 9.17) is 4.74 Å². The number of thioether (sulfide) groups is 1. The van der Waals surface area contributed by atoms with Gasteiger partial charge in [0, 0.05) is 0 Å². The van der Waals surface area contributed by atoms with Crippen LogP contribution in [-0.2, 0) is 9.53 Å². The standard InChI is InChI=1S/C19H20N4O4S2/c1-4-27-14(24)10-28-17-15(25)11(2)12(3)16(26)18(17)29-19-20-21-22-23(19)13-8-6-5-7-9-13/h5-9,25-26H,4,10H2,1-3H3. The molecule has 8 nitrogen and oxygen atoms in total. The first-order valence-corrected chi connectivity index (χ1v) is 10.6. The molecule has 0 spiro atoms. The molecule has 1 heterocycles. The molecule has 0 saturated heterocycles. The zero-order valence-electron chi connectivity index (χ0n) is 16.1. The molecule has 0 saturated carbocycles. The third-order valence-electron chi connectivity index (χ3n) is 4.18. The maximum Gasteiger partial charge on any atom is 0.316 e. The number of para-hydroxylation sites is 1. The van der Waals surface area contributed by atoms with E-state index in [1.165, 1.54) is 4.68 Å². The Labute approximate surface area is 176 Å². The fourth-order valence-corrected chi connectivity index (χ4v) is 4.63. The number of phenolic OH excluding ortho intramolecular Hbond substituents is 2. The lowest BCUT2D eigenvalue weighted by atomic mass is 10.1. The van der Waals surface area contributed by atoms with Crippen LogP contribution in [0, 0.1) is 13.8 Å². The van der Waals surface area contributed by atoms with E-state index in [0.29, 0.717) is 26.1 Å². The third-order valence-corrected chi connectivity index (χ3v) is 6.42.